The predicted molar refractivity (Wildman–Crippen MR) is 60.7 cm³/mol. The first-order chi connectivity index (χ1) is 6.33. The van der Waals surface area contributed by atoms with Crippen LogP contribution in [-0.2, 0) is 10.2 Å². The maximum atomic E-state index is 11.7. The van der Waals surface area contributed by atoms with E-state index in [1.54, 1.807) is 34.6 Å². The van der Waals surface area contributed by atoms with Crippen molar-refractivity contribution < 1.29 is 13.5 Å². The average Bonchev–Trinajstić information content (AvgIpc) is 1.75. The molecule has 0 amide bonds. The van der Waals surface area contributed by atoms with Crippen LogP contribution in [0, 0.1) is 0 Å². The minimum absolute atomic E-state index is 0.0540. The van der Waals surface area contributed by atoms with Crippen molar-refractivity contribution in [3.63, 3.8) is 0 Å². The SMILES string of the molecule is CN(CC(C)(C)O)S(=O)(=O)NC(C)(C)C. The van der Waals surface area contributed by atoms with Crippen molar-refractivity contribution in [1.82, 2.24) is 9.03 Å². The predicted octanol–water partition coefficient (Wildman–Crippen LogP) is 0.322. The molecular weight excluding hydrogens is 216 g/mol. The highest BCUT2D eigenvalue weighted by atomic mass is 32.2. The summed E-state index contributed by atoms with van der Waals surface area (Å²) in [5.41, 5.74) is -1.56. The van der Waals surface area contributed by atoms with Crippen molar-refractivity contribution in [2.45, 2.75) is 45.8 Å². The maximum Gasteiger partial charge on any atom is 0.279 e. The molecule has 0 aliphatic rings. The fourth-order valence-corrected chi connectivity index (χ4v) is 2.51. The molecule has 0 atom stereocenters. The molecule has 0 spiro atoms. The lowest BCUT2D eigenvalue weighted by atomic mass is 10.1. The van der Waals surface area contributed by atoms with Crippen molar-refractivity contribution in [2.75, 3.05) is 13.6 Å². The van der Waals surface area contributed by atoms with E-state index in [0.717, 1.165) is 4.31 Å². The van der Waals surface area contributed by atoms with E-state index >= 15 is 0 Å². The van der Waals surface area contributed by atoms with Gasteiger partial charge >= 0.3 is 0 Å². The van der Waals surface area contributed by atoms with Gasteiger partial charge < -0.3 is 5.11 Å². The molecule has 6 heteroatoms. The van der Waals surface area contributed by atoms with Gasteiger partial charge in [0.2, 0.25) is 0 Å². The number of nitrogens with zero attached hydrogens (tertiary/aromatic N) is 1. The van der Waals surface area contributed by atoms with Crippen LogP contribution in [0.1, 0.15) is 34.6 Å². The Balaban J connectivity index is 4.62. The molecule has 2 N–H and O–H groups in total. The van der Waals surface area contributed by atoms with Crippen LogP contribution in [0.5, 0.6) is 0 Å². The summed E-state index contributed by atoms with van der Waals surface area (Å²) in [6.07, 6.45) is 0. The van der Waals surface area contributed by atoms with Crippen LogP contribution in [-0.4, -0.2) is 42.6 Å². The Bertz CT molecular complexity index is 298. The van der Waals surface area contributed by atoms with E-state index in [1.807, 2.05) is 0 Å². The van der Waals surface area contributed by atoms with Crippen molar-refractivity contribution in [2.24, 2.45) is 0 Å². The Kier molecular flexibility index (Phi) is 4.32. The summed E-state index contributed by atoms with van der Waals surface area (Å²) in [5.74, 6) is 0. The van der Waals surface area contributed by atoms with E-state index in [0.29, 0.717) is 0 Å². The van der Waals surface area contributed by atoms with Gasteiger partial charge in [0.1, 0.15) is 0 Å². The van der Waals surface area contributed by atoms with E-state index in [1.165, 1.54) is 7.05 Å². The maximum absolute atomic E-state index is 11.7. The van der Waals surface area contributed by atoms with Crippen LogP contribution in [0.15, 0.2) is 0 Å². The molecule has 5 nitrogen and oxygen atoms in total. The Labute approximate surface area is 92.7 Å². The second-order valence-electron chi connectivity index (χ2n) is 5.43. The number of rotatable bonds is 4. The van der Waals surface area contributed by atoms with Gasteiger partial charge in [-0.2, -0.15) is 17.4 Å². The summed E-state index contributed by atoms with van der Waals surface area (Å²) in [5, 5.41) is 9.52. The third-order valence-corrected chi connectivity index (χ3v) is 3.28. The van der Waals surface area contributed by atoms with Gasteiger partial charge in [-0.3, -0.25) is 0 Å². The molecule has 0 fully saturated rings. The molecule has 0 heterocycles. The monoisotopic (exact) mass is 238 g/mol. The summed E-state index contributed by atoms with van der Waals surface area (Å²) in [4.78, 5) is 0. The molecule has 15 heavy (non-hydrogen) atoms. The number of aliphatic hydroxyl groups is 1. The second-order valence-corrected chi connectivity index (χ2v) is 7.20. The Hall–Kier alpha value is -0.170. The minimum atomic E-state index is -3.53. The molecule has 0 bridgehead atoms. The molecule has 0 unspecified atom stereocenters. The lowest BCUT2D eigenvalue weighted by Crippen LogP contribution is -2.50. The van der Waals surface area contributed by atoms with Gasteiger partial charge in [0.15, 0.2) is 0 Å². The summed E-state index contributed by atoms with van der Waals surface area (Å²) in [6.45, 7) is 8.48. The number of nitrogens with one attached hydrogen (secondary N) is 1. The van der Waals surface area contributed by atoms with Crippen molar-refractivity contribution in [1.29, 1.82) is 0 Å². The first-order valence-electron chi connectivity index (χ1n) is 4.81. The third kappa shape index (κ3) is 6.83. The highest BCUT2D eigenvalue weighted by Crippen LogP contribution is 2.09. The van der Waals surface area contributed by atoms with Gasteiger partial charge in [0, 0.05) is 19.1 Å². The Morgan fingerprint density at radius 2 is 1.60 bits per heavy atom. The number of hydrogen-bond donors (Lipinski definition) is 2. The topological polar surface area (TPSA) is 69.6 Å². The van der Waals surface area contributed by atoms with Gasteiger partial charge in [-0.15, -0.1) is 0 Å². The molecule has 92 valence electrons. The van der Waals surface area contributed by atoms with Gasteiger partial charge in [-0.25, -0.2) is 0 Å². The lowest BCUT2D eigenvalue weighted by Gasteiger charge is -2.29. The largest absolute Gasteiger partial charge is 0.389 e. The smallest absolute Gasteiger partial charge is 0.279 e. The average molecular weight is 238 g/mol. The molecule has 0 rings (SSSR count). The first-order valence-corrected chi connectivity index (χ1v) is 6.25. The molecule has 0 aliphatic carbocycles. The van der Waals surface area contributed by atoms with Gasteiger partial charge in [0.25, 0.3) is 10.2 Å². The highest BCUT2D eigenvalue weighted by Gasteiger charge is 2.27. The normalized spacial score (nSPS) is 14.7. The minimum Gasteiger partial charge on any atom is -0.389 e. The van der Waals surface area contributed by atoms with E-state index in [2.05, 4.69) is 4.72 Å². The zero-order valence-corrected chi connectivity index (χ0v) is 11.1. The lowest BCUT2D eigenvalue weighted by molar-refractivity contribution is 0.0635. The molecule has 0 saturated carbocycles. The van der Waals surface area contributed by atoms with Crippen LogP contribution in [0.3, 0.4) is 0 Å². The van der Waals surface area contributed by atoms with Crippen molar-refractivity contribution >= 4 is 10.2 Å². The summed E-state index contributed by atoms with van der Waals surface area (Å²) >= 11 is 0. The molecule has 0 saturated heterocycles. The van der Waals surface area contributed by atoms with E-state index in [4.69, 9.17) is 0 Å². The fourth-order valence-electron chi connectivity index (χ4n) is 1.09. The van der Waals surface area contributed by atoms with Gasteiger partial charge in [0.05, 0.1) is 5.60 Å². The fraction of sp³-hybridized carbons (Fsp3) is 1.00. The van der Waals surface area contributed by atoms with Gasteiger partial charge in [-0.05, 0) is 34.6 Å². The summed E-state index contributed by atoms with van der Waals surface area (Å²) in [6, 6.07) is 0. The molecule has 0 radical (unpaired) electrons. The second kappa shape index (κ2) is 4.37. The van der Waals surface area contributed by atoms with Crippen LogP contribution in [0.4, 0.5) is 0 Å². The summed E-state index contributed by atoms with van der Waals surface area (Å²) < 4.78 is 27.1. The van der Waals surface area contributed by atoms with Crippen LogP contribution >= 0.6 is 0 Å². The highest BCUT2D eigenvalue weighted by molar-refractivity contribution is 7.87. The third-order valence-electron chi connectivity index (χ3n) is 1.46. The number of hydrogen-bond acceptors (Lipinski definition) is 3. The Morgan fingerprint density at radius 3 is 1.87 bits per heavy atom. The van der Waals surface area contributed by atoms with E-state index < -0.39 is 21.3 Å². The molecule has 0 aromatic heterocycles. The van der Waals surface area contributed by atoms with Gasteiger partial charge in [-0.1, -0.05) is 0 Å². The zero-order valence-electron chi connectivity index (χ0n) is 10.3. The molecule has 0 aliphatic heterocycles. The quantitative estimate of drug-likeness (QED) is 0.741. The Morgan fingerprint density at radius 1 is 1.20 bits per heavy atom. The van der Waals surface area contributed by atoms with Crippen molar-refractivity contribution in [3.05, 3.63) is 0 Å². The molecule has 0 aromatic carbocycles. The zero-order chi connectivity index (χ0) is 12.5. The summed E-state index contributed by atoms with van der Waals surface area (Å²) in [7, 11) is -2.09. The standard InChI is InChI=1S/C9H22N2O3S/c1-8(2,3)10-15(13,14)11(6)7-9(4,5)12/h10,12H,7H2,1-6H3. The molecule has 0 aromatic rings. The van der Waals surface area contributed by atoms with Crippen molar-refractivity contribution in [3.8, 4) is 0 Å². The van der Waals surface area contributed by atoms with Crippen LogP contribution in [0.25, 0.3) is 0 Å². The van der Waals surface area contributed by atoms with E-state index in [-0.39, 0.29) is 6.54 Å². The molecular formula is C9H22N2O3S. The number of likely N-dealkylation sites (N-methyl/N-ethyl adjacent to an activating group) is 1. The van der Waals surface area contributed by atoms with E-state index in [9.17, 15) is 13.5 Å². The van der Waals surface area contributed by atoms with Crippen LogP contribution in [0.2, 0.25) is 0 Å². The van der Waals surface area contributed by atoms with Crippen LogP contribution < -0.4 is 4.72 Å². The first kappa shape index (κ1) is 14.8.